The van der Waals surface area contributed by atoms with Crippen molar-refractivity contribution in [1.29, 1.82) is 0 Å². The first kappa shape index (κ1) is 17.7. The Kier molecular flexibility index (Phi) is 5.20. The Bertz CT molecular complexity index is 544. The van der Waals surface area contributed by atoms with Gasteiger partial charge in [0.05, 0.1) is 25.2 Å². The van der Waals surface area contributed by atoms with E-state index >= 15 is 0 Å². The molecule has 4 nitrogen and oxygen atoms in total. The minimum atomic E-state index is -3.38. The zero-order chi connectivity index (χ0) is 16.4. The highest BCUT2D eigenvalue weighted by Gasteiger charge is 2.45. The van der Waals surface area contributed by atoms with Crippen molar-refractivity contribution in [1.82, 2.24) is 0 Å². The maximum Gasteiger partial charge on any atom is 0.309 e. The first-order chi connectivity index (χ1) is 9.55. The molecule has 118 valence electrons. The second-order valence-electron chi connectivity index (χ2n) is 5.26. The van der Waals surface area contributed by atoms with Gasteiger partial charge in [0.25, 0.3) is 5.92 Å². The molecular formula is C14H17BrF2O4. The average Bonchev–Trinajstić information content (AvgIpc) is 2.35. The number of carboxylic acids is 1. The van der Waals surface area contributed by atoms with Gasteiger partial charge in [0.15, 0.2) is 0 Å². The topological polar surface area (TPSA) is 55.8 Å². The van der Waals surface area contributed by atoms with Gasteiger partial charge < -0.3 is 14.6 Å². The summed E-state index contributed by atoms with van der Waals surface area (Å²) < 4.78 is 39.2. The van der Waals surface area contributed by atoms with E-state index in [0.29, 0.717) is 5.75 Å². The van der Waals surface area contributed by atoms with E-state index < -0.39 is 23.7 Å². The SMILES string of the molecule is COc1cc(Br)c(C(F)(F)CC(C)(C)C(=O)O)c(OC)c1. The smallest absolute Gasteiger partial charge is 0.309 e. The van der Waals surface area contributed by atoms with Crippen molar-refractivity contribution in [3.63, 3.8) is 0 Å². The lowest BCUT2D eigenvalue weighted by atomic mass is 9.84. The van der Waals surface area contributed by atoms with Gasteiger partial charge in [0.2, 0.25) is 0 Å². The zero-order valence-corrected chi connectivity index (χ0v) is 13.8. The van der Waals surface area contributed by atoms with Gasteiger partial charge >= 0.3 is 5.97 Å². The summed E-state index contributed by atoms with van der Waals surface area (Å²) in [6, 6.07) is 2.72. The van der Waals surface area contributed by atoms with Crippen LogP contribution in [0.5, 0.6) is 11.5 Å². The molecule has 1 rings (SSSR count). The molecule has 1 N–H and O–H groups in total. The molecule has 0 saturated heterocycles. The Morgan fingerprint density at radius 1 is 1.29 bits per heavy atom. The van der Waals surface area contributed by atoms with Gasteiger partial charge in [-0.25, -0.2) is 8.78 Å². The highest BCUT2D eigenvalue weighted by Crippen LogP contribution is 2.47. The lowest BCUT2D eigenvalue weighted by Gasteiger charge is -2.28. The molecule has 0 aliphatic heterocycles. The zero-order valence-electron chi connectivity index (χ0n) is 12.2. The molecule has 0 spiro atoms. The fraction of sp³-hybridized carbons (Fsp3) is 0.500. The number of alkyl halides is 2. The molecule has 1 aromatic carbocycles. The quantitative estimate of drug-likeness (QED) is 0.824. The number of carbonyl (C=O) groups is 1. The fourth-order valence-corrected chi connectivity index (χ4v) is 2.62. The first-order valence-electron chi connectivity index (χ1n) is 6.08. The van der Waals surface area contributed by atoms with Crippen LogP contribution in [0.3, 0.4) is 0 Å². The molecule has 0 saturated carbocycles. The first-order valence-corrected chi connectivity index (χ1v) is 6.87. The van der Waals surface area contributed by atoms with Gasteiger partial charge in [-0.05, 0) is 19.9 Å². The van der Waals surface area contributed by atoms with E-state index in [0.717, 1.165) is 0 Å². The van der Waals surface area contributed by atoms with Crippen LogP contribution in [0.1, 0.15) is 25.8 Å². The Morgan fingerprint density at radius 2 is 1.86 bits per heavy atom. The van der Waals surface area contributed by atoms with E-state index in [4.69, 9.17) is 14.6 Å². The molecule has 1 aromatic rings. The summed E-state index contributed by atoms with van der Waals surface area (Å²) in [7, 11) is 2.68. The molecule has 0 amide bonds. The Morgan fingerprint density at radius 3 is 2.29 bits per heavy atom. The van der Waals surface area contributed by atoms with Crippen LogP contribution in [0.15, 0.2) is 16.6 Å². The van der Waals surface area contributed by atoms with Crippen LogP contribution in [-0.4, -0.2) is 25.3 Å². The third kappa shape index (κ3) is 3.84. The van der Waals surface area contributed by atoms with E-state index in [1.807, 2.05) is 0 Å². The van der Waals surface area contributed by atoms with Crippen LogP contribution in [0, 0.1) is 5.41 Å². The van der Waals surface area contributed by atoms with E-state index in [2.05, 4.69) is 15.9 Å². The van der Waals surface area contributed by atoms with Crippen molar-refractivity contribution in [2.75, 3.05) is 14.2 Å². The number of benzene rings is 1. The molecule has 0 radical (unpaired) electrons. The summed E-state index contributed by atoms with van der Waals surface area (Å²) in [6.07, 6.45) is -0.851. The third-order valence-electron chi connectivity index (χ3n) is 3.09. The average molecular weight is 367 g/mol. The molecule has 0 bridgehead atoms. The maximum absolute atomic E-state index is 14.5. The predicted molar refractivity (Wildman–Crippen MR) is 77.2 cm³/mol. The second-order valence-corrected chi connectivity index (χ2v) is 6.11. The van der Waals surface area contributed by atoms with Crippen molar-refractivity contribution >= 4 is 21.9 Å². The minimum absolute atomic E-state index is 0.0626. The van der Waals surface area contributed by atoms with Crippen LogP contribution in [0.4, 0.5) is 8.78 Å². The van der Waals surface area contributed by atoms with Crippen molar-refractivity contribution < 1.29 is 28.2 Å². The van der Waals surface area contributed by atoms with Gasteiger partial charge in [-0.1, -0.05) is 15.9 Å². The van der Waals surface area contributed by atoms with Crippen molar-refractivity contribution in [2.24, 2.45) is 5.41 Å². The van der Waals surface area contributed by atoms with Crippen molar-refractivity contribution in [3.8, 4) is 11.5 Å². The normalized spacial score (nSPS) is 12.1. The largest absolute Gasteiger partial charge is 0.497 e. The summed E-state index contributed by atoms with van der Waals surface area (Å²) in [5, 5.41) is 9.03. The van der Waals surface area contributed by atoms with Gasteiger partial charge in [-0.15, -0.1) is 0 Å². The number of hydrogen-bond acceptors (Lipinski definition) is 3. The van der Waals surface area contributed by atoms with Crippen LogP contribution in [-0.2, 0) is 10.7 Å². The Balaban J connectivity index is 3.34. The summed E-state index contributed by atoms with van der Waals surface area (Å²) in [6.45, 7) is 2.51. The number of aliphatic carboxylic acids is 1. The molecule has 7 heteroatoms. The molecule has 0 aromatic heterocycles. The number of methoxy groups -OCH3 is 2. The molecule has 0 atom stereocenters. The molecule has 0 unspecified atom stereocenters. The van der Waals surface area contributed by atoms with Crippen molar-refractivity contribution in [3.05, 3.63) is 22.2 Å². The Hall–Kier alpha value is -1.37. The number of hydrogen-bond donors (Lipinski definition) is 1. The van der Waals surface area contributed by atoms with Crippen LogP contribution >= 0.6 is 15.9 Å². The van der Waals surface area contributed by atoms with Crippen LogP contribution in [0.25, 0.3) is 0 Å². The van der Waals surface area contributed by atoms with E-state index in [9.17, 15) is 13.6 Å². The number of halogens is 3. The van der Waals surface area contributed by atoms with Gasteiger partial charge in [-0.2, -0.15) is 0 Å². The molecule has 0 heterocycles. The lowest BCUT2D eigenvalue weighted by Crippen LogP contribution is -2.31. The predicted octanol–water partition coefficient (Wildman–Crippen LogP) is 4.06. The summed E-state index contributed by atoms with van der Waals surface area (Å²) >= 11 is 3.07. The van der Waals surface area contributed by atoms with E-state index in [-0.39, 0.29) is 15.8 Å². The molecule has 0 aliphatic carbocycles. The number of rotatable bonds is 6. The van der Waals surface area contributed by atoms with Crippen LogP contribution < -0.4 is 9.47 Å². The molecular weight excluding hydrogens is 350 g/mol. The van der Waals surface area contributed by atoms with Gasteiger partial charge in [0.1, 0.15) is 11.5 Å². The van der Waals surface area contributed by atoms with Gasteiger partial charge in [0, 0.05) is 17.0 Å². The highest BCUT2D eigenvalue weighted by molar-refractivity contribution is 9.10. The standard InChI is InChI=1S/C14H17BrF2O4/c1-13(2,12(18)19)7-14(16,17)11-9(15)5-8(20-3)6-10(11)21-4/h5-6H,7H2,1-4H3,(H,18,19). The minimum Gasteiger partial charge on any atom is -0.497 e. The summed E-state index contributed by atoms with van der Waals surface area (Å²) in [5.41, 5.74) is -1.96. The fourth-order valence-electron chi connectivity index (χ4n) is 1.91. The summed E-state index contributed by atoms with van der Waals surface area (Å²) in [5.74, 6) is -4.37. The second kappa shape index (κ2) is 6.17. The third-order valence-corrected chi connectivity index (χ3v) is 3.72. The number of carboxylic acid groups (broad SMARTS) is 1. The van der Waals surface area contributed by atoms with E-state index in [1.165, 1.54) is 40.2 Å². The molecule has 0 fully saturated rings. The van der Waals surface area contributed by atoms with E-state index in [1.54, 1.807) is 0 Å². The molecule has 21 heavy (non-hydrogen) atoms. The van der Waals surface area contributed by atoms with Gasteiger partial charge in [-0.3, -0.25) is 4.79 Å². The monoisotopic (exact) mass is 366 g/mol. The van der Waals surface area contributed by atoms with Crippen molar-refractivity contribution in [2.45, 2.75) is 26.2 Å². The highest BCUT2D eigenvalue weighted by atomic mass is 79.9. The Labute approximate surface area is 130 Å². The lowest BCUT2D eigenvalue weighted by molar-refractivity contribution is -0.153. The molecule has 0 aliphatic rings. The number of ether oxygens (including phenoxy) is 2. The maximum atomic E-state index is 14.5. The van der Waals surface area contributed by atoms with Crippen LogP contribution in [0.2, 0.25) is 0 Å². The summed E-state index contributed by atoms with van der Waals surface area (Å²) in [4.78, 5) is 11.1.